The highest BCUT2D eigenvalue weighted by Gasteiger charge is 2.31. The normalized spacial score (nSPS) is 15.0. The van der Waals surface area contributed by atoms with Crippen molar-refractivity contribution in [3.05, 3.63) is 66.1 Å². The second kappa shape index (κ2) is 8.93. The van der Waals surface area contributed by atoms with Gasteiger partial charge in [0.2, 0.25) is 0 Å². The molecule has 1 saturated heterocycles. The molecule has 32 heavy (non-hydrogen) atoms. The molecule has 2 aromatic heterocycles. The third-order valence-corrected chi connectivity index (χ3v) is 5.47. The SMILES string of the molecule is C#CCCN1CCN(C(=O)c2cnn(-c3cccc(C(F)(F)F)c3)c2-n2cccc2)CC1. The summed E-state index contributed by atoms with van der Waals surface area (Å²) in [4.78, 5) is 17.3. The van der Waals surface area contributed by atoms with Crippen molar-refractivity contribution < 1.29 is 18.0 Å². The van der Waals surface area contributed by atoms with Gasteiger partial charge in [0.25, 0.3) is 5.91 Å². The van der Waals surface area contributed by atoms with Crippen LogP contribution in [0.25, 0.3) is 11.5 Å². The molecule has 0 bridgehead atoms. The zero-order valence-electron chi connectivity index (χ0n) is 17.3. The Balaban J connectivity index is 1.66. The number of alkyl halides is 3. The van der Waals surface area contributed by atoms with Crippen molar-refractivity contribution in [1.82, 2.24) is 24.1 Å². The summed E-state index contributed by atoms with van der Waals surface area (Å²) in [6, 6.07) is 8.46. The first-order chi connectivity index (χ1) is 15.4. The van der Waals surface area contributed by atoms with E-state index in [0.29, 0.717) is 44.0 Å². The lowest BCUT2D eigenvalue weighted by Crippen LogP contribution is -2.48. The molecule has 0 saturated carbocycles. The molecular weight excluding hydrogens is 419 g/mol. The molecule has 1 fully saturated rings. The van der Waals surface area contributed by atoms with Crippen LogP contribution < -0.4 is 0 Å². The minimum atomic E-state index is -4.48. The first-order valence-electron chi connectivity index (χ1n) is 10.2. The Bertz CT molecular complexity index is 1120. The van der Waals surface area contributed by atoms with Crippen LogP contribution >= 0.6 is 0 Å². The van der Waals surface area contributed by atoms with Crippen LogP contribution in [-0.4, -0.2) is 62.8 Å². The Morgan fingerprint density at radius 3 is 2.47 bits per heavy atom. The summed E-state index contributed by atoms with van der Waals surface area (Å²) in [5, 5.41) is 4.29. The molecule has 1 aromatic carbocycles. The number of nitrogens with zero attached hydrogens (tertiary/aromatic N) is 5. The fourth-order valence-electron chi connectivity index (χ4n) is 3.79. The Morgan fingerprint density at radius 2 is 1.81 bits per heavy atom. The van der Waals surface area contributed by atoms with Gasteiger partial charge in [0.1, 0.15) is 5.56 Å². The minimum absolute atomic E-state index is 0.205. The van der Waals surface area contributed by atoms with E-state index in [4.69, 9.17) is 6.42 Å². The van der Waals surface area contributed by atoms with E-state index in [0.717, 1.165) is 18.7 Å². The number of hydrogen-bond acceptors (Lipinski definition) is 3. The number of rotatable bonds is 5. The molecule has 6 nitrogen and oxygen atoms in total. The van der Waals surface area contributed by atoms with Crippen molar-refractivity contribution in [3.63, 3.8) is 0 Å². The number of carbonyl (C=O) groups excluding carboxylic acids is 1. The molecule has 1 aliphatic rings. The number of amides is 1. The van der Waals surface area contributed by atoms with Gasteiger partial charge in [-0.2, -0.15) is 18.3 Å². The fraction of sp³-hybridized carbons (Fsp3) is 0.304. The summed E-state index contributed by atoms with van der Waals surface area (Å²) in [7, 11) is 0. The standard InChI is InChI=1S/C23H22F3N5O/c1-2-3-9-28-12-14-30(15-13-28)22(32)20-17-27-31(21(20)29-10-4-5-11-29)19-8-6-7-18(16-19)23(24,25)26/h1,4-8,10-11,16-17H,3,9,12-15H2. The monoisotopic (exact) mass is 441 g/mol. The largest absolute Gasteiger partial charge is 0.416 e. The van der Waals surface area contributed by atoms with Crippen LogP contribution in [0, 0.1) is 12.3 Å². The highest BCUT2D eigenvalue weighted by atomic mass is 19.4. The maximum absolute atomic E-state index is 13.3. The number of aromatic nitrogens is 3. The predicted octanol–water partition coefficient (Wildman–Crippen LogP) is 3.46. The van der Waals surface area contributed by atoms with Gasteiger partial charge in [-0.3, -0.25) is 9.69 Å². The molecule has 0 unspecified atom stereocenters. The van der Waals surface area contributed by atoms with Crippen molar-refractivity contribution >= 4 is 5.91 Å². The number of piperazine rings is 1. The molecule has 0 spiro atoms. The third-order valence-electron chi connectivity index (χ3n) is 5.47. The molecule has 0 N–H and O–H groups in total. The third kappa shape index (κ3) is 4.41. The molecular formula is C23H22F3N5O. The first-order valence-corrected chi connectivity index (χ1v) is 10.2. The quantitative estimate of drug-likeness (QED) is 0.570. The van der Waals surface area contributed by atoms with Gasteiger partial charge < -0.3 is 9.47 Å². The van der Waals surface area contributed by atoms with Crippen molar-refractivity contribution in [2.24, 2.45) is 0 Å². The summed E-state index contributed by atoms with van der Waals surface area (Å²) < 4.78 is 42.7. The van der Waals surface area contributed by atoms with Crippen LogP contribution in [0.5, 0.6) is 0 Å². The van der Waals surface area contributed by atoms with E-state index in [1.54, 1.807) is 34.0 Å². The van der Waals surface area contributed by atoms with Crippen molar-refractivity contribution in [2.75, 3.05) is 32.7 Å². The van der Waals surface area contributed by atoms with Crippen LogP contribution in [-0.2, 0) is 6.18 Å². The van der Waals surface area contributed by atoms with E-state index in [1.165, 1.54) is 23.0 Å². The molecule has 0 aliphatic carbocycles. The van der Waals surface area contributed by atoms with Gasteiger partial charge in [-0.05, 0) is 30.3 Å². The average molecular weight is 441 g/mol. The Labute approximate surface area is 183 Å². The lowest BCUT2D eigenvalue weighted by Gasteiger charge is -2.34. The zero-order chi connectivity index (χ0) is 22.7. The highest BCUT2D eigenvalue weighted by Crippen LogP contribution is 2.31. The van der Waals surface area contributed by atoms with E-state index >= 15 is 0 Å². The maximum Gasteiger partial charge on any atom is 0.416 e. The summed E-state index contributed by atoms with van der Waals surface area (Å²) >= 11 is 0. The fourth-order valence-corrected chi connectivity index (χ4v) is 3.79. The van der Waals surface area contributed by atoms with Gasteiger partial charge >= 0.3 is 6.18 Å². The molecule has 1 aliphatic heterocycles. The smallest absolute Gasteiger partial charge is 0.336 e. The zero-order valence-corrected chi connectivity index (χ0v) is 17.3. The van der Waals surface area contributed by atoms with Crippen LogP contribution in [0.3, 0.4) is 0 Å². The maximum atomic E-state index is 13.3. The number of hydrogen-bond donors (Lipinski definition) is 0. The average Bonchev–Trinajstić information content (AvgIpc) is 3.47. The molecule has 3 heterocycles. The van der Waals surface area contributed by atoms with Crippen molar-refractivity contribution in [3.8, 4) is 23.8 Å². The van der Waals surface area contributed by atoms with E-state index in [9.17, 15) is 18.0 Å². The molecule has 0 atom stereocenters. The van der Waals surface area contributed by atoms with E-state index < -0.39 is 11.7 Å². The molecule has 3 aromatic rings. The summed E-state index contributed by atoms with van der Waals surface area (Å²) in [6.45, 7) is 3.31. The van der Waals surface area contributed by atoms with Crippen molar-refractivity contribution in [1.29, 1.82) is 0 Å². The van der Waals surface area contributed by atoms with Crippen LogP contribution in [0.2, 0.25) is 0 Å². The summed E-state index contributed by atoms with van der Waals surface area (Å²) in [5.41, 5.74) is -0.225. The van der Waals surface area contributed by atoms with Gasteiger partial charge in [-0.15, -0.1) is 12.3 Å². The van der Waals surface area contributed by atoms with Gasteiger partial charge in [0.05, 0.1) is 17.4 Å². The van der Waals surface area contributed by atoms with Gasteiger partial charge in [-0.1, -0.05) is 6.07 Å². The number of carbonyl (C=O) groups is 1. The van der Waals surface area contributed by atoms with Gasteiger partial charge in [0, 0.05) is 51.5 Å². The van der Waals surface area contributed by atoms with E-state index in [1.807, 2.05) is 0 Å². The topological polar surface area (TPSA) is 46.3 Å². The lowest BCUT2D eigenvalue weighted by atomic mass is 10.2. The molecule has 4 rings (SSSR count). The number of benzene rings is 1. The number of halogens is 3. The van der Waals surface area contributed by atoms with E-state index in [-0.39, 0.29) is 11.6 Å². The van der Waals surface area contributed by atoms with Crippen LogP contribution in [0.1, 0.15) is 22.3 Å². The Kier molecular flexibility index (Phi) is 6.06. The molecule has 1 amide bonds. The van der Waals surface area contributed by atoms with Gasteiger partial charge in [0.15, 0.2) is 5.82 Å². The Hall–Kier alpha value is -3.51. The molecule has 166 valence electrons. The second-order valence-corrected chi connectivity index (χ2v) is 7.52. The van der Waals surface area contributed by atoms with Gasteiger partial charge in [-0.25, -0.2) is 4.68 Å². The van der Waals surface area contributed by atoms with E-state index in [2.05, 4.69) is 15.9 Å². The Morgan fingerprint density at radius 1 is 1.09 bits per heavy atom. The lowest BCUT2D eigenvalue weighted by molar-refractivity contribution is -0.137. The first kappa shape index (κ1) is 21.7. The van der Waals surface area contributed by atoms with Crippen LogP contribution in [0.4, 0.5) is 13.2 Å². The van der Waals surface area contributed by atoms with Crippen molar-refractivity contribution in [2.45, 2.75) is 12.6 Å². The summed E-state index contributed by atoms with van der Waals surface area (Å²) in [6.07, 6.45) is 6.40. The predicted molar refractivity (Wildman–Crippen MR) is 114 cm³/mol. The molecule has 9 heteroatoms. The second-order valence-electron chi connectivity index (χ2n) is 7.52. The highest BCUT2D eigenvalue weighted by molar-refractivity contribution is 5.97. The van der Waals surface area contributed by atoms with Crippen LogP contribution in [0.15, 0.2) is 55.0 Å². The molecule has 0 radical (unpaired) electrons. The number of terminal acetylenes is 1. The summed E-state index contributed by atoms with van der Waals surface area (Å²) in [5.74, 6) is 2.82. The minimum Gasteiger partial charge on any atom is -0.336 e.